The van der Waals surface area contributed by atoms with Crippen LogP contribution in [0.2, 0.25) is 0 Å². The summed E-state index contributed by atoms with van der Waals surface area (Å²) >= 11 is 0. The number of nitrogens with zero attached hydrogens (tertiary/aromatic N) is 6. The van der Waals surface area contributed by atoms with Gasteiger partial charge < -0.3 is 20.0 Å². The number of aromatic nitrogens is 3. The first kappa shape index (κ1) is 29.8. The number of piperazine rings is 1. The van der Waals surface area contributed by atoms with E-state index in [1.807, 2.05) is 60.7 Å². The number of benzene rings is 2. The van der Waals surface area contributed by atoms with E-state index in [0.29, 0.717) is 30.1 Å². The van der Waals surface area contributed by atoms with Gasteiger partial charge in [0.05, 0.1) is 11.6 Å². The second-order valence-electron chi connectivity index (χ2n) is 12.3. The molecule has 0 aliphatic carbocycles. The van der Waals surface area contributed by atoms with Gasteiger partial charge in [-0.25, -0.2) is 4.98 Å². The molecule has 2 aliphatic rings. The number of piperidine rings is 1. The maximum absolute atomic E-state index is 14.5. The average molecular weight is 594 g/mol. The van der Waals surface area contributed by atoms with E-state index in [1.165, 1.54) is 11.3 Å². The van der Waals surface area contributed by atoms with Crippen LogP contribution in [0.1, 0.15) is 48.9 Å². The molecular formula is C35H43N7O2. The molecule has 0 saturated carbocycles. The molecule has 230 valence electrons. The van der Waals surface area contributed by atoms with Gasteiger partial charge in [-0.1, -0.05) is 31.2 Å². The van der Waals surface area contributed by atoms with Crippen LogP contribution in [0.4, 0.5) is 17.3 Å². The summed E-state index contributed by atoms with van der Waals surface area (Å²) in [5, 5.41) is 4.25. The lowest BCUT2D eigenvalue weighted by Crippen LogP contribution is -2.44. The number of carbonyl (C=O) groups excluding carboxylic acids is 1. The Hall–Kier alpha value is -4.24. The first-order chi connectivity index (χ1) is 21.2. The van der Waals surface area contributed by atoms with Crippen molar-refractivity contribution in [1.29, 1.82) is 0 Å². The molecule has 2 aromatic carbocycles. The number of rotatable bonds is 6. The number of anilines is 3. The molecule has 2 aromatic heterocycles. The van der Waals surface area contributed by atoms with E-state index in [9.17, 15) is 9.59 Å². The van der Waals surface area contributed by atoms with Crippen LogP contribution in [-0.4, -0.2) is 76.6 Å². The van der Waals surface area contributed by atoms with Gasteiger partial charge in [0, 0.05) is 68.6 Å². The Morgan fingerprint density at radius 2 is 1.77 bits per heavy atom. The van der Waals surface area contributed by atoms with Gasteiger partial charge in [0.2, 0.25) is 11.9 Å². The summed E-state index contributed by atoms with van der Waals surface area (Å²) in [6.45, 7) is 13.4. The van der Waals surface area contributed by atoms with Gasteiger partial charge in [0.1, 0.15) is 5.65 Å². The number of likely N-dealkylation sites (N-methyl/N-ethyl adjacent to an activating group) is 1. The summed E-state index contributed by atoms with van der Waals surface area (Å²) in [6.07, 6.45) is 3.93. The third kappa shape index (κ3) is 5.68. The molecule has 6 rings (SSSR count). The molecule has 4 aromatic rings. The minimum absolute atomic E-state index is 0.0721. The van der Waals surface area contributed by atoms with E-state index in [4.69, 9.17) is 9.97 Å². The SMILES string of the molecule is CCC(=O)N1CCC[C@H](n2c(=O)c(-c3ccccc3C)c(C)c3cnc(Nc4ccc(N5CCN(C)CC5)c(C)c4)nc32)C1. The Balaban J connectivity index is 1.42. The van der Waals surface area contributed by atoms with Crippen LogP contribution in [-0.2, 0) is 4.79 Å². The minimum Gasteiger partial charge on any atom is -0.369 e. The van der Waals surface area contributed by atoms with Crippen LogP contribution in [0.3, 0.4) is 0 Å². The van der Waals surface area contributed by atoms with Crippen LogP contribution in [0.25, 0.3) is 22.2 Å². The summed E-state index contributed by atoms with van der Waals surface area (Å²) in [4.78, 5) is 43.6. The number of hydrogen-bond donors (Lipinski definition) is 1. The molecule has 0 radical (unpaired) electrons. The molecule has 0 spiro atoms. The van der Waals surface area contributed by atoms with Crippen LogP contribution in [0.15, 0.2) is 53.5 Å². The Morgan fingerprint density at radius 3 is 2.50 bits per heavy atom. The monoisotopic (exact) mass is 593 g/mol. The summed E-state index contributed by atoms with van der Waals surface area (Å²) < 4.78 is 1.84. The fourth-order valence-electron chi connectivity index (χ4n) is 6.78. The molecule has 0 unspecified atom stereocenters. The fourth-order valence-corrected chi connectivity index (χ4v) is 6.78. The number of hydrogen-bond acceptors (Lipinski definition) is 7. The first-order valence-electron chi connectivity index (χ1n) is 15.8. The first-order valence-corrected chi connectivity index (χ1v) is 15.8. The highest BCUT2D eigenvalue weighted by molar-refractivity contribution is 5.87. The molecule has 9 heteroatoms. The van der Waals surface area contributed by atoms with E-state index in [0.717, 1.165) is 73.3 Å². The molecule has 2 aliphatic heterocycles. The zero-order valence-corrected chi connectivity index (χ0v) is 26.6. The molecule has 0 bridgehead atoms. The molecule has 1 atom stereocenters. The van der Waals surface area contributed by atoms with E-state index in [2.05, 4.69) is 47.3 Å². The summed E-state index contributed by atoms with van der Waals surface area (Å²) in [5.41, 5.74) is 7.38. The van der Waals surface area contributed by atoms with E-state index in [1.54, 1.807) is 0 Å². The van der Waals surface area contributed by atoms with Crippen LogP contribution in [0, 0.1) is 20.8 Å². The van der Waals surface area contributed by atoms with Crippen LogP contribution < -0.4 is 15.8 Å². The third-order valence-electron chi connectivity index (χ3n) is 9.34. The van der Waals surface area contributed by atoms with Crippen LogP contribution in [0.5, 0.6) is 0 Å². The van der Waals surface area contributed by atoms with Crippen molar-refractivity contribution in [1.82, 2.24) is 24.3 Å². The normalized spacial score (nSPS) is 17.7. The summed E-state index contributed by atoms with van der Waals surface area (Å²) in [6, 6.07) is 14.2. The van der Waals surface area contributed by atoms with Gasteiger partial charge in [0.15, 0.2) is 0 Å². The lowest BCUT2D eigenvalue weighted by Gasteiger charge is -2.35. The highest BCUT2D eigenvalue weighted by atomic mass is 16.2. The van der Waals surface area contributed by atoms with E-state index >= 15 is 0 Å². The Kier molecular flexibility index (Phi) is 8.40. The number of fused-ring (bicyclic) bond motifs is 1. The van der Waals surface area contributed by atoms with E-state index in [-0.39, 0.29) is 17.5 Å². The molecule has 1 amide bonds. The van der Waals surface area contributed by atoms with Crippen molar-refractivity contribution in [2.45, 2.75) is 53.0 Å². The topological polar surface area (TPSA) is 86.6 Å². The van der Waals surface area contributed by atoms with Crippen molar-refractivity contribution >= 4 is 34.3 Å². The Labute approximate surface area is 259 Å². The summed E-state index contributed by atoms with van der Waals surface area (Å²) in [5.74, 6) is 0.559. The molecular weight excluding hydrogens is 550 g/mol. The number of amides is 1. The fraction of sp³-hybridized carbons (Fsp3) is 0.429. The van der Waals surface area contributed by atoms with Crippen molar-refractivity contribution in [3.63, 3.8) is 0 Å². The molecule has 44 heavy (non-hydrogen) atoms. The quantitative estimate of drug-likeness (QED) is 0.318. The summed E-state index contributed by atoms with van der Waals surface area (Å²) in [7, 11) is 2.17. The lowest BCUT2D eigenvalue weighted by atomic mass is 9.95. The van der Waals surface area contributed by atoms with Crippen LogP contribution >= 0.6 is 0 Å². The molecule has 9 nitrogen and oxygen atoms in total. The van der Waals surface area contributed by atoms with Crippen molar-refractivity contribution in [2.24, 2.45) is 0 Å². The Bertz CT molecular complexity index is 1760. The number of pyridine rings is 1. The molecule has 2 saturated heterocycles. The molecule has 2 fully saturated rings. The maximum atomic E-state index is 14.5. The Morgan fingerprint density at radius 1 is 1.00 bits per heavy atom. The predicted molar refractivity (Wildman–Crippen MR) is 178 cm³/mol. The minimum atomic E-state index is -0.175. The van der Waals surface area contributed by atoms with Gasteiger partial charge in [-0.3, -0.25) is 14.2 Å². The number of nitrogens with one attached hydrogen (secondary N) is 1. The largest absolute Gasteiger partial charge is 0.369 e. The highest BCUT2D eigenvalue weighted by Crippen LogP contribution is 2.32. The van der Waals surface area contributed by atoms with Gasteiger partial charge in [-0.2, -0.15) is 4.98 Å². The predicted octanol–water partition coefficient (Wildman–Crippen LogP) is 5.45. The second kappa shape index (κ2) is 12.4. The molecule has 1 N–H and O–H groups in total. The smallest absolute Gasteiger partial charge is 0.260 e. The van der Waals surface area contributed by atoms with Gasteiger partial charge >= 0.3 is 0 Å². The third-order valence-corrected chi connectivity index (χ3v) is 9.34. The van der Waals surface area contributed by atoms with Crippen molar-refractivity contribution < 1.29 is 4.79 Å². The lowest BCUT2D eigenvalue weighted by molar-refractivity contribution is -0.132. The highest BCUT2D eigenvalue weighted by Gasteiger charge is 2.29. The van der Waals surface area contributed by atoms with Crippen molar-refractivity contribution in [3.8, 4) is 11.1 Å². The van der Waals surface area contributed by atoms with Gasteiger partial charge in [0.25, 0.3) is 5.56 Å². The van der Waals surface area contributed by atoms with Gasteiger partial charge in [-0.05, 0) is 81.1 Å². The zero-order chi connectivity index (χ0) is 31.0. The van der Waals surface area contributed by atoms with E-state index < -0.39 is 0 Å². The zero-order valence-electron chi connectivity index (χ0n) is 26.6. The van der Waals surface area contributed by atoms with Gasteiger partial charge in [-0.15, -0.1) is 0 Å². The standard InChI is InChI=1S/C35H43N7O2/c1-6-31(43)41-15-9-11-27(22-41)42-33-29(25(4)32(34(42)44)28-12-8-7-10-23(28)2)21-36-35(38-33)37-26-13-14-30(24(3)20-26)40-18-16-39(5)17-19-40/h7-8,10,12-14,20-21,27H,6,9,11,15-19,22H2,1-5H3,(H,36,37,38)/t27-/m0/s1. The number of carbonyl (C=O) groups is 1. The number of likely N-dealkylation sites (tertiary alicyclic amines) is 1. The maximum Gasteiger partial charge on any atom is 0.260 e. The number of aryl methyl sites for hydroxylation is 3. The average Bonchev–Trinajstić information content (AvgIpc) is 3.02. The molecule has 4 heterocycles. The second-order valence-corrected chi connectivity index (χ2v) is 12.3. The van der Waals surface area contributed by atoms with Crippen molar-refractivity contribution in [2.75, 3.05) is 56.5 Å². The van der Waals surface area contributed by atoms with Crippen molar-refractivity contribution in [3.05, 3.63) is 75.7 Å².